The maximum Gasteiger partial charge on any atom is 0.151 e. The van der Waals surface area contributed by atoms with Crippen LogP contribution in [0.25, 0.3) is 0 Å². The van der Waals surface area contributed by atoms with Crippen molar-refractivity contribution in [1.82, 2.24) is 4.90 Å². The maximum absolute atomic E-state index is 11.7. The molecule has 2 saturated heterocycles. The number of hydrogen-bond donors (Lipinski definition) is 1. The monoisotopic (exact) mass is 260 g/mol. The smallest absolute Gasteiger partial charge is 0.151 e. The van der Waals surface area contributed by atoms with E-state index in [4.69, 9.17) is 5.73 Å². The van der Waals surface area contributed by atoms with Crippen LogP contribution in [0.4, 0.5) is 0 Å². The molecule has 2 heterocycles. The van der Waals surface area contributed by atoms with E-state index < -0.39 is 9.84 Å². The third-order valence-electron chi connectivity index (χ3n) is 4.59. The summed E-state index contributed by atoms with van der Waals surface area (Å²) in [5.74, 6) is 1.17. The first kappa shape index (κ1) is 13.3. The van der Waals surface area contributed by atoms with E-state index in [-0.39, 0.29) is 12.1 Å². The van der Waals surface area contributed by atoms with Crippen LogP contribution >= 0.6 is 0 Å². The molecule has 5 heteroatoms. The molecule has 2 aliphatic heterocycles. The van der Waals surface area contributed by atoms with Crippen molar-refractivity contribution < 1.29 is 8.42 Å². The Morgan fingerprint density at radius 2 is 1.94 bits per heavy atom. The highest BCUT2D eigenvalue weighted by Crippen LogP contribution is 2.28. The van der Waals surface area contributed by atoms with Gasteiger partial charge < -0.3 is 5.73 Å². The number of nitrogens with zero attached hydrogens (tertiary/aromatic N) is 1. The Labute approximate surface area is 104 Å². The largest absolute Gasteiger partial charge is 0.327 e. The van der Waals surface area contributed by atoms with Gasteiger partial charge in [0.1, 0.15) is 0 Å². The van der Waals surface area contributed by atoms with Crippen molar-refractivity contribution in [3.63, 3.8) is 0 Å². The molecule has 100 valence electrons. The average Bonchev–Trinajstić information content (AvgIpc) is 2.25. The number of nitrogens with two attached hydrogens (primary N) is 1. The molecule has 4 unspecified atom stereocenters. The number of sulfone groups is 1. The normalized spacial score (nSPS) is 43.5. The second-order valence-corrected chi connectivity index (χ2v) is 7.93. The minimum atomic E-state index is -2.81. The van der Waals surface area contributed by atoms with Crippen LogP contribution < -0.4 is 5.73 Å². The van der Waals surface area contributed by atoms with E-state index in [1.165, 1.54) is 0 Å². The van der Waals surface area contributed by atoms with Crippen molar-refractivity contribution in [2.24, 2.45) is 11.7 Å². The van der Waals surface area contributed by atoms with Crippen molar-refractivity contribution in [3.05, 3.63) is 0 Å². The van der Waals surface area contributed by atoms with Gasteiger partial charge in [0.2, 0.25) is 0 Å². The minimum Gasteiger partial charge on any atom is -0.327 e. The highest BCUT2D eigenvalue weighted by Gasteiger charge is 2.37. The van der Waals surface area contributed by atoms with Crippen LogP contribution in [0.3, 0.4) is 0 Å². The van der Waals surface area contributed by atoms with Gasteiger partial charge in [-0.25, -0.2) is 8.42 Å². The summed E-state index contributed by atoms with van der Waals surface area (Å²) < 4.78 is 23.4. The van der Waals surface area contributed by atoms with E-state index in [9.17, 15) is 8.42 Å². The summed E-state index contributed by atoms with van der Waals surface area (Å²) in [6, 6.07) is 0.886. The van der Waals surface area contributed by atoms with Gasteiger partial charge in [0.25, 0.3) is 0 Å². The van der Waals surface area contributed by atoms with Crippen molar-refractivity contribution in [3.8, 4) is 0 Å². The van der Waals surface area contributed by atoms with E-state index in [2.05, 4.69) is 18.7 Å². The van der Waals surface area contributed by atoms with Crippen LogP contribution in [0.15, 0.2) is 0 Å². The van der Waals surface area contributed by atoms with Crippen molar-refractivity contribution >= 4 is 9.84 Å². The lowest BCUT2D eigenvalue weighted by molar-refractivity contribution is 0.0592. The summed E-state index contributed by atoms with van der Waals surface area (Å²) in [4.78, 5) is 2.38. The highest BCUT2D eigenvalue weighted by atomic mass is 32.2. The summed E-state index contributed by atoms with van der Waals surface area (Å²) in [5.41, 5.74) is 6.07. The van der Waals surface area contributed by atoms with E-state index in [1.54, 1.807) is 0 Å². The first-order valence-electron chi connectivity index (χ1n) is 6.62. The van der Waals surface area contributed by atoms with Crippen molar-refractivity contribution in [2.75, 3.05) is 18.1 Å². The molecule has 0 aromatic carbocycles. The molecule has 0 aromatic heterocycles. The lowest BCUT2D eigenvalue weighted by Gasteiger charge is -2.46. The molecule has 0 spiro atoms. The summed E-state index contributed by atoms with van der Waals surface area (Å²) in [6.45, 7) is 5.32. The predicted molar refractivity (Wildman–Crippen MR) is 69.6 cm³/mol. The Hall–Kier alpha value is -0.130. The molecule has 0 aromatic rings. The van der Waals surface area contributed by atoms with Crippen LogP contribution in [-0.4, -0.2) is 49.5 Å². The first-order chi connectivity index (χ1) is 7.91. The fraction of sp³-hybridized carbons (Fsp3) is 1.00. The summed E-state index contributed by atoms with van der Waals surface area (Å²) in [7, 11) is -2.81. The van der Waals surface area contributed by atoms with Crippen LogP contribution in [0.1, 0.15) is 33.1 Å². The third kappa shape index (κ3) is 2.83. The van der Waals surface area contributed by atoms with Gasteiger partial charge in [-0.15, -0.1) is 0 Å². The molecule has 0 aliphatic carbocycles. The van der Waals surface area contributed by atoms with Crippen molar-refractivity contribution in [2.45, 2.75) is 51.2 Å². The zero-order valence-electron chi connectivity index (χ0n) is 10.8. The van der Waals surface area contributed by atoms with Gasteiger partial charge in [0.05, 0.1) is 11.5 Å². The van der Waals surface area contributed by atoms with Crippen LogP contribution in [0.2, 0.25) is 0 Å². The number of hydrogen-bond acceptors (Lipinski definition) is 4. The third-order valence-corrected chi connectivity index (χ3v) is 6.39. The van der Waals surface area contributed by atoms with E-state index in [0.29, 0.717) is 23.5 Å². The topological polar surface area (TPSA) is 63.4 Å². The summed E-state index contributed by atoms with van der Waals surface area (Å²) >= 11 is 0. The van der Waals surface area contributed by atoms with Gasteiger partial charge in [0, 0.05) is 24.7 Å². The quantitative estimate of drug-likeness (QED) is 0.751. The first-order valence-corrected chi connectivity index (χ1v) is 8.44. The van der Waals surface area contributed by atoms with E-state index in [1.807, 2.05) is 0 Å². The SMILES string of the molecule is CC1C(N)CCN(C2CCCS(=O)(=O)C2)C1C. The summed E-state index contributed by atoms with van der Waals surface area (Å²) in [5, 5.41) is 0. The standard InChI is InChI=1S/C12H24N2O2S/c1-9-10(2)14(6-5-12(9)13)11-4-3-7-17(15,16)8-11/h9-12H,3-8,13H2,1-2H3. The summed E-state index contributed by atoms with van der Waals surface area (Å²) in [6.07, 6.45) is 2.82. The van der Waals surface area contributed by atoms with Crippen LogP contribution in [-0.2, 0) is 9.84 Å². The Balaban J connectivity index is 2.07. The molecule has 0 saturated carbocycles. The zero-order valence-corrected chi connectivity index (χ0v) is 11.6. The molecular formula is C12H24N2O2S. The van der Waals surface area contributed by atoms with Gasteiger partial charge in [0.15, 0.2) is 9.84 Å². The predicted octanol–water partition coefficient (Wildman–Crippen LogP) is 0.621. The second-order valence-electron chi connectivity index (χ2n) is 5.70. The fourth-order valence-corrected chi connectivity index (χ4v) is 4.92. The molecular weight excluding hydrogens is 236 g/mol. The lowest BCUT2D eigenvalue weighted by Crippen LogP contribution is -2.57. The molecule has 0 bridgehead atoms. The van der Waals surface area contributed by atoms with E-state index >= 15 is 0 Å². The molecule has 4 nitrogen and oxygen atoms in total. The average molecular weight is 260 g/mol. The van der Waals surface area contributed by atoms with Gasteiger partial charge in [-0.1, -0.05) is 6.92 Å². The molecule has 2 rings (SSSR count). The Morgan fingerprint density at radius 1 is 1.24 bits per heavy atom. The molecule has 2 fully saturated rings. The zero-order chi connectivity index (χ0) is 12.6. The van der Waals surface area contributed by atoms with E-state index in [0.717, 1.165) is 25.8 Å². The van der Waals surface area contributed by atoms with Gasteiger partial charge in [-0.3, -0.25) is 4.90 Å². The molecule has 2 aliphatic rings. The minimum absolute atomic E-state index is 0.221. The molecule has 0 amide bonds. The molecule has 0 radical (unpaired) electrons. The Kier molecular flexibility index (Phi) is 3.80. The number of likely N-dealkylation sites (tertiary alicyclic amines) is 1. The van der Waals surface area contributed by atoms with Crippen molar-refractivity contribution in [1.29, 1.82) is 0 Å². The lowest BCUT2D eigenvalue weighted by atomic mass is 9.86. The van der Waals surface area contributed by atoms with Crippen LogP contribution in [0, 0.1) is 5.92 Å². The Bertz CT molecular complexity index is 369. The van der Waals surface area contributed by atoms with Gasteiger partial charge >= 0.3 is 0 Å². The Morgan fingerprint density at radius 3 is 2.59 bits per heavy atom. The number of rotatable bonds is 1. The molecule has 17 heavy (non-hydrogen) atoms. The molecule has 4 atom stereocenters. The number of piperidine rings is 1. The van der Waals surface area contributed by atoms with Gasteiger partial charge in [-0.05, 0) is 32.1 Å². The fourth-order valence-electron chi connectivity index (χ4n) is 3.20. The maximum atomic E-state index is 11.7. The van der Waals surface area contributed by atoms with Gasteiger partial charge in [-0.2, -0.15) is 0 Å². The van der Waals surface area contributed by atoms with Crippen LogP contribution in [0.5, 0.6) is 0 Å². The highest BCUT2D eigenvalue weighted by molar-refractivity contribution is 7.91. The second kappa shape index (κ2) is 4.86. The molecule has 2 N–H and O–H groups in total.